The predicted octanol–water partition coefficient (Wildman–Crippen LogP) is 2.35. The van der Waals surface area contributed by atoms with E-state index >= 15 is 0 Å². The number of alkyl halides is 2. The molecule has 1 rings (SSSR count). The van der Waals surface area contributed by atoms with Crippen LogP contribution < -0.4 is 10.1 Å². The van der Waals surface area contributed by atoms with Crippen LogP contribution in [0, 0.1) is 10.1 Å². The number of nitrogens with one attached hydrogen (secondary N) is 1. The van der Waals surface area contributed by atoms with Crippen LogP contribution in [0.15, 0.2) is 18.2 Å². The van der Waals surface area contributed by atoms with Gasteiger partial charge >= 0.3 is 5.69 Å². The van der Waals surface area contributed by atoms with E-state index in [4.69, 9.17) is 4.74 Å². The highest BCUT2D eigenvalue weighted by Crippen LogP contribution is 2.28. The van der Waals surface area contributed by atoms with Gasteiger partial charge in [0, 0.05) is 12.6 Å². The molecule has 1 aromatic carbocycles. The second kappa shape index (κ2) is 6.85. The largest absolute Gasteiger partial charge is 0.481 e. The van der Waals surface area contributed by atoms with Crippen molar-refractivity contribution in [1.29, 1.82) is 0 Å². The summed E-state index contributed by atoms with van der Waals surface area (Å²) in [4.78, 5) is 10.2. The van der Waals surface area contributed by atoms with Gasteiger partial charge in [-0.15, -0.1) is 0 Å². The zero-order chi connectivity index (χ0) is 13.5. The minimum atomic E-state index is -2.66. The number of ether oxygens (including phenoxy) is 1. The molecule has 0 aromatic heterocycles. The Morgan fingerprint density at radius 1 is 1.50 bits per heavy atom. The molecule has 18 heavy (non-hydrogen) atoms. The van der Waals surface area contributed by atoms with Crippen LogP contribution in [0.3, 0.4) is 0 Å². The van der Waals surface area contributed by atoms with Crippen molar-refractivity contribution in [3.05, 3.63) is 33.9 Å². The summed E-state index contributed by atoms with van der Waals surface area (Å²) in [7, 11) is 0. The lowest BCUT2D eigenvalue weighted by molar-refractivity contribution is -0.386. The standard InChI is InChI=1S/C11H14F2N2O3/c1-2-14-6-8-3-4-10(18-7-11(12)13)9(5-8)15(16)17/h3-5,11,14H,2,6-7H2,1H3. The van der Waals surface area contributed by atoms with Gasteiger partial charge in [-0.25, -0.2) is 8.78 Å². The molecule has 0 unspecified atom stereocenters. The zero-order valence-electron chi connectivity index (χ0n) is 9.86. The molecular weight excluding hydrogens is 246 g/mol. The Labute approximate surface area is 103 Å². The van der Waals surface area contributed by atoms with Gasteiger partial charge in [0.15, 0.2) is 5.75 Å². The fourth-order valence-electron chi connectivity index (χ4n) is 1.36. The number of nitrogens with zero attached hydrogens (tertiary/aromatic N) is 1. The number of nitro benzene ring substituents is 1. The van der Waals surface area contributed by atoms with Crippen molar-refractivity contribution in [2.75, 3.05) is 13.2 Å². The third-order valence-corrected chi connectivity index (χ3v) is 2.16. The number of halogens is 2. The summed E-state index contributed by atoms with van der Waals surface area (Å²) in [5.41, 5.74) is 0.402. The van der Waals surface area contributed by atoms with Crippen LogP contribution >= 0.6 is 0 Å². The first-order valence-electron chi connectivity index (χ1n) is 5.43. The van der Waals surface area contributed by atoms with Crippen molar-refractivity contribution < 1.29 is 18.4 Å². The number of hydrogen-bond donors (Lipinski definition) is 1. The molecule has 1 aromatic rings. The summed E-state index contributed by atoms with van der Waals surface area (Å²) < 4.78 is 28.7. The molecule has 0 radical (unpaired) electrons. The minimum absolute atomic E-state index is 0.138. The molecule has 0 saturated heterocycles. The molecule has 5 nitrogen and oxygen atoms in total. The van der Waals surface area contributed by atoms with Gasteiger partial charge in [-0.1, -0.05) is 13.0 Å². The van der Waals surface area contributed by atoms with E-state index in [2.05, 4.69) is 5.32 Å². The van der Waals surface area contributed by atoms with E-state index in [1.54, 1.807) is 6.07 Å². The van der Waals surface area contributed by atoms with E-state index < -0.39 is 18.0 Å². The fourth-order valence-corrected chi connectivity index (χ4v) is 1.36. The van der Waals surface area contributed by atoms with Crippen LogP contribution in [-0.2, 0) is 6.54 Å². The molecule has 0 atom stereocenters. The number of rotatable bonds is 7. The SMILES string of the molecule is CCNCc1ccc(OCC(F)F)c([N+](=O)[O-])c1. The predicted molar refractivity (Wildman–Crippen MR) is 62.0 cm³/mol. The maximum Gasteiger partial charge on any atom is 0.311 e. The molecule has 100 valence electrons. The first-order chi connectivity index (χ1) is 8.54. The Balaban J connectivity index is 2.86. The van der Waals surface area contributed by atoms with Gasteiger partial charge in [-0.2, -0.15) is 0 Å². The highest BCUT2D eigenvalue weighted by molar-refractivity contribution is 5.48. The molecule has 0 saturated carbocycles. The van der Waals surface area contributed by atoms with Crippen LogP contribution in [0.5, 0.6) is 5.75 Å². The van der Waals surface area contributed by atoms with Gasteiger partial charge in [0.05, 0.1) is 4.92 Å². The monoisotopic (exact) mass is 260 g/mol. The first-order valence-corrected chi connectivity index (χ1v) is 5.43. The van der Waals surface area contributed by atoms with Gasteiger partial charge in [-0.05, 0) is 18.2 Å². The smallest absolute Gasteiger partial charge is 0.311 e. The van der Waals surface area contributed by atoms with Crippen LogP contribution in [0.2, 0.25) is 0 Å². The maximum absolute atomic E-state index is 12.0. The summed E-state index contributed by atoms with van der Waals surface area (Å²) >= 11 is 0. The number of hydrogen-bond acceptors (Lipinski definition) is 4. The summed E-state index contributed by atoms with van der Waals surface area (Å²) in [5.74, 6) is -0.138. The van der Waals surface area contributed by atoms with Crippen LogP contribution in [0.1, 0.15) is 12.5 Å². The molecule has 0 heterocycles. The van der Waals surface area contributed by atoms with Crippen molar-refractivity contribution in [3.63, 3.8) is 0 Å². The van der Waals surface area contributed by atoms with Gasteiger partial charge < -0.3 is 10.1 Å². The lowest BCUT2D eigenvalue weighted by atomic mass is 10.2. The average molecular weight is 260 g/mol. The van der Waals surface area contributed by atoms with Gasteiger partial charge in [0.25, 0.3) is 6.43 Å². The summed E-state index contributed by atoms with van der Waals surface area (Å²) in [6.45, 7) is 2.27. The lowest BCUT2D eigenvalue weighted by Crippen LogP contribution is -2.12. The van der Waals surface area contributed by atoms with Crippen molar-refractivity contribution in [2.24, 2.45) is 0 Å². The van der Waals surface area contributed by atoms with E-state index in [1.807, 2.05) is 6.92 Å². The Hall–Kier alpha value is -1.76. The van der Waals surface area contributed by atoms with E-state index in [1.165, 1.54) is 12.1 Å². The highest BCUT2D eigenvalue weighted by atomic mass is 19.3. The maximum atomic E-state index is 12.0. The lowest BCUT2D eigenvalue weighted by Gasteiger charge is -2.08. The second-order valence-corrected chi connectivity index (χ2v) is 3.54. The summed E-state index contributed by atoms with van der Waals surface area (Å²) in [5, 5.41) is 13.8. The molecule has 0 aliphatic rings. The average Bonchev–Trinajstić information content (AvgIpc) is 2.34. The van der Waals surface area contributed by atoms with Gasteiger partial charge in [0.2, 0.25) is 0 Å². The number of nitro groups is 1. The van der Waals surface area contributed by atoms with Crippen molar-refractivity contribution >= 4 is 5.69 Å². The van der Waals surface area contributed by atoms with E-state index in [9.17, 15) is 18.9 Å². The Kier molecular flexibility index (Phi) is 5.44. The van der Waals surface area contributed by atoms with Crippen LogP contribution in [-0.4, -0.2) is 24.5 Å². The number of benzene rings is 1. The Bertz CT molecular complexity index is 413. The molecule has 0 aliphatic heterocycles. The summed E-state index contributed by atoms with van der Waals surface area (Å²) in [6.07, 6.45) is -2.66. The molecule has 0 aliphatic carbocycles. The second-order valence-electron chi connectivity index (χ2n) is 3.54. The topological polar surface area (TPSA) is 64.4 Å². The normalized spacial score (nSPS) is 10.7. The molecule has 0 amide bonds. The molecular formula is C11H14F2N2O3. The Morgan fingerprint density at radius 2 is 2.22 bits per heavy atom. The summed E-state index contributed by atoms with van der Waals surface area (Å²) in [6, 6.07) is 4.27. The van der Waals surface area contributed by atoms with E-state index in [0.717, 1.165) is 6.54 Å². The Morgan fingerprint density at radius 3 is 2.78 bits per heavy atom. The minimum Gasteiger partial charge on any atom is -0.481 e. The fraction of sp³-hybridized carbons (Fsp3) is 0.455. The van der Waals surface area contributed by atoms with Crippen molar-refractivity contribution in [2.45, 2.75) is 19.9 Å². The van der Waals surface area contributed by atoms with Gasteiger partial charge in [-0.3, -0.25) is 10.1 Å². The van der Waals surface area contributed by atoms with Crippen molar-refractivity contribution in [1.82, 2.24) is 5.32 Å². The third-order valence-electron chi connectivity index (χ3n) is 2.16. The van der Waals surface area contributed by atoms with Crippen LogP contribution in [0.4, 0.5) is 14.5 Å². The van der Waals surface area contributed by atoms with Crippen molar-refractivity contribution in [3.8, 4) is 5.75 Å². The van der Waals surface area contributed by atoms with Crippen LogP contribution in [0.25, 0.3) is 0 Å². The van der Waals surface area contributed by atoms with Gasteiger partial charge in [0.1, 0.15) is 6.61 Å². The quantitative estimate of drug-likeness (QED) is 0.603. The van der Waals surface area contributed by atoms with E-state index in [-0.39, 0.29) is 11.4 Å². The first kappa shape index (κ1) is 14.3. The molecule has 1 N–H and O–H groups in total. The molecule has 0 fully saturated rings. The highest BCUT2D eigenvalue weighted by Gasteiger charge is 2.17. The van der Waals surface area contributed by atoms with E-state index in [0.29, 0.717) is 12.1 Å². The third kappa shape index (κ3) is 4.25. The zero-order valence-corrected chi connectivity index (χ0v) is 9.86. The molecule has 7 heteroatoms. The molecule has 0 bridgehead atoms. The molecule has 0 spiro atoms.